The molecule has 0 unspecified atom stereocenters. The topological polar surface area (TPSA) is 147 Å². The van der Waals surface area contributed by atoms with E-state index in [1.165, 1.54) is 37.5 Å². The van der Waals surface area contributed by atoms with Gasteiger partial charge >= 0.3 is 6.03 Å². The molecule has 12 heteroatoms. The summed E-state index contributed by atoms with van der Waals surface area (Å²) in [5.74, 6) is -0.170. The zero-order valence-electron chi connectivity index (χ0n) is 21.7. The molecule has 5 rings (SSSR count). The standard InChI is InChI=1S/C29H23N3O9/c1-3-5-19-10-18(13-25(38-2)26(19)39-15-17-6-4-7-21(11-17)32(36)37)12-22-27(33)30-29(35)31(28(22)34)20-8-9-23-24(14-20)41-16-40-23/h3-4,6-14H,1,5,15-16H2,2H3,(H,30,33,35)/b22-12+. The van der Waals surface area contributed by atoms with Crippen molar-refractivity contribution in [3.8, 4) is 23.0 Å². The Morgan fingerprint density at radius 1 is 1.10 bits per heavy atom. The Bertz CT molecular complexity index is 1630. The average molecular weight is 558 g/mol. The maximum absolute atomic E-state index is 13.4. The van der Waals surface area contributed by atoms with Crippen LogP contribution in [0.25, 0.3) is 6.08 Å². The number of urea groups is 1. The molecule has 0 bridgehead atoms. The second-order valence-electron chi connectivity index (χ2n) is 8.92. The van der Waals surface area contributed by atoms with Gasteiger partial charge < -0.3 is 18.9 Å². The molecule has 208 valence electrons. The Morgan fingerprint density at radius 2 is 1.90 bits per heavy atom. The number of anilines is 1. The summed E-state index contributed by atoms with van der Waals surface area (Å²) in [7, 11) is 1.43. The number of benzene rings is 3. The number of imide groups is 2. The van der Waals surface area contributed by atoms with E-state index < -0.39 is 22.8 Å². The minimum absolute atomic E-state index is 0.0163. The second kappa shape index (κ2) is 11.2. The van der Waals surface area contributed by atoms with Crippen LogP contribution >= 0.6 is 0 Å². The van der Waals surface area contributed by atoms with Crippen LogP contribution in [0.15, 0.2) is 72.8 Å². The number of barbiturate groups is 1. The van der Waals surface area contributed by atoms with E-state index in [0.29, 0.717) is 46.1 Å². The maximum atomic E-state index is 13.4. The van der Waals surface area contributed by atoms with Crippen molar-refractivity contribution in [2.45, 2.75) is 13.0 Å². The number of hydrogen-bond donors (Lipinski definition) is 1. The number of nitrogens with zero attached hydrogens (tertiary/aromatic N) is 2. The van der Waals surface area contributed by atoms with Gasteiger partial charge in [-0.15, -0.1) is 6.58 Å². The van der Waals surface area contributed by atoms with Crippen molar-refractivity contribution in [2.24, 2.45) is 0 Å². The number of amides is 4. The third kappa shape index (κ3) is 5.43. The van der Waals surface area contributed by atoms with Crippen LogP contribution in [0.5, 0.6) is 23.0 Å². The molecular formula is C29H23N3O9. The highest BCUT2D eigenvalue weighted by molar-refractivity contribution is 6.39. The minimum Gasteiger partial charge on any atom is -0.493 e. The van der Waals surface area contributed by atoms with E-state index in [1.807, 2.05) is 0 Å². The smallest absolute Gasteiger partial charge is 0.335 e. The predicted molar refractivity (Wildman–Crippen MR) is 146 cm³/mol. The monoisotopic (exact) mass is 557 g/mol. The van der Waals surface area contributed by atoms with Gasteiger partial charge in [0.05, 0.1) is 17.7 Å². The fourth-order valence-electron chi connectivity index (χ4n) is 4.39. The fraction of sp³-hybridized carbons (Fsp3) is 0.138. The van der Waals surface area contributed by atoms with Crippen molar-refractivity contribution in [1.29, 1.82) is 0 Å². The normalized spacial score (nSPS) is 15.1. The molecule has 2 heterocycles. The summed E-state index contributed by atoms with van der Waals surface area (Å²) in [5.41, 5.74) is 1.50. The summed E-state index contributed by atoms with van der Waals surface area (Å²) < 4.78 is 22.2. The van der Waals surface area contributed by atoms with Gasteiger partial charge in [0.2, 0.25) is 6.79 Å². The van der Waals surface area contributed by atoms with E-state index in [1.54, 1.807) is 36.4 Å². The van der Waals surface area contributed by atoms with E-state index >= 15 is 0 Å². The first-order chi connectivity index (χ1) is 19.8. The van der Waals surface area contributed by atoms with Crippen molar-refractivity contribution in [3.63, 3.8) is 0 Å². The molecule has 1 N–H and O–H groups in total. The lowest BCUT2D eigenvalue weighted by Crippen LogP contribution is -2.54. The third-order valence-corrected chi connectivity index (χ3v) is 6.27. The highest BCUT2D eigenvalue weighted by atomic mass is 16.7. The molecule has 2 aliphatic rings. The van der Waals surface area contributed by atoms with Crippen LogP contribution in [-0.4, -0.2) is 36.7 Å². The minimum atomic E-state index is -0.897. The summed E-state index contributed by atoms with van der Waals surface area (Å²) >= 11 is 0. The molecule has 3 aromatic carbocycles. The van der Waals surface area contributed by atoms with Gasteiger partial charge in [-0.3, -0.25) is 25.0 Å². The van der Waals surface area contributed by atoms with Gasteiger partial charge in [-0.05, 0) is 47.9 Å². The number of carbonyl (C=O) groups is 3. The van der Waals surface area contributed by atoms with Crippen LogP contribution in [0.3, 0.4) is 0 Å². The number of fused-ring (bicyclic) bond motifs is 1. The summed E-state index contributed by atoms with van der Waals surface area (Å²) in [4.78, 5) is 50.3. The molecule has 12 nitrogen and oxygen atoms in total. The largest absolute Gasteiger partial charge is 0.493 e. The first kappa shape index (κ1) is 26.9. The van der Waals surface area contributed by atoms with Crippen molar-refractivity contribution < 1.29 is 38.3 Å². The lowest BCUT2D eigenvalue weighted by Gasteiger charge is -2.26. The van der Waals surface area contributed by atoms with Crippen molar-refractivity contribution in [3.05, 3.63) is 99.6 Å². The molecule has 1 fully saturated rings. The molecule has 0 spiro atoms. The summed E-state index contributed by atoms with van der Waals surface area (Å²) in [5, 5.41) is 13.3. The van der Waals surface area contributed by atoms with E-state index in [2.05, 4.69) is 11.9 Å². The molecule has 0 radical (unpaired) electrons. The lowest BCUT2D eigenvalue weighted by atomic mass is 10.0. The zero-order valence-corrected chi connectivity index (χ0v) is 21.7. The van der Waals surface area contributed by atoms with E-state index in [4.69, 9.17) is 18.9 Å². The Morgan fingerprint density at radius 3 is 2.66 bits per heavy atom. The number of nitrogens with one attached hydrogen (secondary N) is 1. The molecular weight excluding hydrogens is 534 g/mol. The summed E-state index contributed by atoms with van der Waals surface area (Å²) in [6.07, 6.45) is 3.34. The van der Waals surface area contributed by atoms with Crippen molar-refractivity contribution in [1.82, 2.24) is 5.32 Å². The van der Waals surface area contributed by atoms with Crippen LogP contribution in [0, 0.1) is 10.1 Å². The van der Waals surface area contributed by atoms with Gasteiger partial charge in [-0.25, -0.2) is 9.69 Å². The van der Waals surface area contributed by atoms with Gasteiger partial charge in [0.15, 0.2) is 23.0 Å². The second-order valence-corrected chi connectivity index (χ2v) is 8.92. The van der Waals surface area contributed by atoms with Crippen LogP contribution < -0.4 is 29.2 Å². The van der Waals surface area contributed by atoms with E-state index in [-0.39, 0.29) is 30.3 Å². The lowest BCUT2D eigenvalue weighted by molar-refractivity contribution is -0.384. The third-order valence-electron chi connectivity index (χ3n) is 6.27. The number of methoxy groups -OCH3 is 1. The van der Waals surface area contributed by atoms with Crippen molar-refractivity contribution in [2.75, 3.05) is 18.8 Å². The van der Waals surface area contributed by atoms with Gasteiger partial charge in [0.1, 0.15) is 12.2 Å². The van der Waals surface area contributed by atoms with E-state index in [0.717, 1.165) is 4.90 Å². The van der Waals surface area contributed by atoms with Crippen LogP contribution in [0.4, 0.5) is 16.2 Å². The summed E-state index contributed by atoms with van der Waals surface area (Å²) in [6.45, 7) is 3.82. The number of hydrogen-bond acceptors (Lipinski definition) is 9. The van der Waals surface area contributed by atoms with Crippen LogP contribution in [0.1, 0.15) is 16.7 Å². The quantitative estimate of drug-likeness (QED) is 0.134. The van der Waals surface area contributed by atoms with Crippen LogP contribution in [-0.2, 0) is 22.6 Å². The number of nitro groups is 1. The Labute approximate surface area is 233 Å². The number of ether oxygens (including phenoxy) is 4. The van der Waals surface area contributed by atoms with Gasteiger partial charge in [-0.1, -0.05) is 18.2 Å². The Balaban J connectivity index is 1.47. The molecule has 3 aromatic rings. The molecule has 2 aliphatic heterocycles. The zero-order chi connectivity index (χ0) is 29.1. The van der Waals surface area contributed by atoms with Crippen molar-refractivity contribution >= 4 is 35.3 Å². The predicted octanol–water partition coefficient (Wildman–Crippen LogP) is 4.31. The van der Waals surface area contributed by atoms with Gasteiger partial charge in [-0.2, -0.15) is 0 Å². The Hall–Kier alpha value is -5.65. The summed E-state index contributed by atoms with van der Waals surface area (Å²) in [6, 6.07) is 13.0. The Kier molecular flexibility index (Phi) is 7.37. The van der Waals surface area contributed by atoms with Gasteiger partial charge in [0, 0.05) is 23.8 Å². The molecule has 41 heavy (non-hydrogen) atoms. The first-order valence-electron chi connectivity index (χ1n) is 12.3. The molecule has 0 atom stereocenters. The van der Waals surface area contributed by atoms with Gasteiger partial charge in [0.25, 0.3) is 17.5 Å². The molecule has 0 saturated carbocycles. The molecule has 0 aromatic heterocycles. The van der Waals surface area contributed by atoms with E-state index in [9.17, 15) is 24.5 Å². The average Bonchev–Trinajstić information content (AvgIpc) is 3.43. The highest BCUT2D eigenvalue weighted by Crippen LogP contribution is 2.38. The number of carbonyl (C=O) groups excluding carboxylic acids is 3. The molecule has 0 aliphatic carbocycles. The first-order valence-corrected chi connectivity index (χ1v) is 12.3. The highest BCUT2D eigenvalue weighted by Gasteiger charge is 2.37. The SMILES string of the molecule is C=CCc1cc(/C=C2\C(=O)NC(=O)N(c3ccc4c(c3)OCO4)C2=O)cc(OC)c1OCc1cccc([N+](=O)[O-])c1. The number of rotatable bonds is 9. The maximum Gasteiger partial charge on any atom is 0.335 e. The number of allylic oxidation sites excluding steroid dienone is 1. The van der Waals surface area contributed by atoms with Crippen LogP contribution in [0.2, 0.25) is 0 Å². The number of nitro benzene ring substituents is 1. The number of non-ortho nitro benzene ring substituents is 1. The molecule has 1 saturated heterocycles. The fourth-order valence-corrected chi connectivity index (χ4v) is 4.39. The molecule has 4 amide bonds.